The lowest BCUT2D eigenvalue weighted by molar-refractivity contribution is 0.140. The number of nitroso groups, excluding NO2 is 1. The summed E-state index contributed by atoms with van der Waals surface area (Å²) < 4.78 is 7.70. The van der Waals surface area contributed by atoms with Gasteiger partial charge in [-0.15, -0.1) is 0 Å². The van der Waals surface area contributed by atoms with Crippen LogP contribution in [0.5, 0.6) is 0 Å². The lowest BCUT2D eigenvalue weighted by Crippen LogP contribution is -2.30. The highest BCUT2D eigenvalue weighted by atomic mass is 16.5. The van der Waals surface area contributed by atoms with Gasteiger partial charge in [-0.2, -0.15) is 4.91 Å². The zero-order valence-electron chi connectivity index (χ0n) is 18.3. The summed E-state index contributed by atoms with van der Waals surface area (Å²) in [5.74, 6) is 1.78. The average molecular weight is 421 g/mol. The number of pyridine rings is 1. The van der Waals surface area contributed by atoms with Gasteiger partial charge < -0.3 is 19.2 Å². The summed E-state index contributed by atoms with van der Waals surface area (Å²) in [5, 5.41) is 12.7. The van der Waals surface area contributed by atoms with E-state index in [0.717, 1.165) is 40.3 Å². The lowest BCUT2D eigenvalue weighted by Gasteiger charge is -2.22. The molecule has 4 rings (SSSR count). The fourth-order valence-electron chi connectivity index (χ4n) is 4.39. The van der Waals surface area contributed by atoms with E-state index in [2.05, 4.69) is 33.6 Å². The molecule has 3 aromatic rings. The highest BCUT2D eigenvalue weighted by Crippen LogP contribution is 2.29. The van der Waals surface area contributed by atoms with Gasteiger partial charge in [-0.3, -0.25) is 0 Å². The van der Waals surface area contributed by atoms with Gasteiger partial charge in [-0.25, -0.2) is 9.97 Å². The molecule has 1 aromatic carbocycles. The Hall–Kier alpha value is -2.78. The SMILES string of the molecule is CCOCCn1c(-c2ccc(N3CCCC3C)nc2)nc2c(C)c(B(O)N=O)ccc21. The van der Waals surface area contributed by atoms with Gasteiger partial charge in [0.2, 0.25) is 0 Å². The molecule has 1 N–H and O–H groups in total. The number of hydrogen-bond acceptors (Lipinski definition) is 7. The molecule has 0 aliphatic carbocycles. The first-order chi connectivity index (χ1) is 15.0. The minimum Gasteiger partial charge on any atom is -0.425 e. The largest absolute Gasteiger partial charge is 0.517 e. The van der Waals surface area contributed by atoms with Crippen molar-refractivity contribution in [1.29, 1.82) is 0 Å². The molecule has 1 atom stereocenters. The standard InChI is InChI=1S/C22H28BN5O3/c1-4-31-13-12-28-19-9-8-18(23(29)26-30)16(3)21(19)25-22(28)17-7-10-20(24-14-17)27-11-5-6-15(27)2/h7-10,14-15,29H,4-6,11-13H2,1-3H3. The van der Waals surface area contributed by atoms with Crippen LogP contribution in [0, 0.1) is 11.8 Å². The molecule has 1 saturated heterocycles. The summed E-state index contributed by atoms with van der Waals surface area (Å²) in [6, 6.07) is 8.24. The van der Waals surface area contributed by atoms with E-state index in [1.54, 1.807) is 6.07 Å². The molecule has 8 nitrogen and oxygen atoms in total. The molecule has 1 unspecified atom stereocenters. The molecule has 0 bridgehead atoms. The second-order valence-corrected chi connectivity index (χ2v) is 8.00. The number of benzene rings is 1. The van der Waals surface area contributed by atoms with Crippen molar-refractivity contribution in [3.63, 3.8) is 0 Å². The Bertz CT molecular complexity index is 1070. The minimum atomic E-state index is -1.40. The average Bonchev–Trinajstić information content (AvgIpc) is 3.38. The summed E-state index contributed by atoms with van der Waals surface area (Å²) >= 11 is 0. The van der Waals surface area contributed by atoms with Crippen molar-refractivity contribution in [2.75, 3.05) is 24.7 Å². The number of rotatable bonds is 8. The fourth-order valence-corrected chi connectivity index (χ4v) is 4.39. The summed E-state index contributed by atoms with van der Waals surface area (Å²) in [6.07, 6.45) is 4.26. The number of ether oxygens (including phenoxy) is 1. The topological polar surface area (TPSA) is 92.8 Å². The molecule has 162 valence electrons. The van der Waals surface area contributed by atoms with Gasteiger partial charge in [0.05, 0.1) is 17.6 Å². The number of aromatic nitrogens is 3. The second kappa shape index (κ2) is 9.15. The van der Waals surface area contributed by atoms with E-state index in [-0.39, 0.29) is 0 Å². The van der Waals surface area contributed by atoms with Crippen molar-refractivity contribution >= 4 is 29.4 Å². The molecular formula is C22H28BN5O3. The van der Waals surface area contributed by atoms with Crippen LogP contribution in [0.15, 0.2) is 35.6 Å². The first-order valence-electron chi connectivity index (χ1n) is 10.9. The van der Waals surface area contributed by atoms with Crippen LogP contribution in [0.25, 0.3) is 22.4 Å². The minimum absolute atomic E-state index is 0.472. The maximum atomic E-state index is 10.9. The normalized spacial score (nSPS) is 16.3. The van der Waals surface area contributed by atoms with E-state index < -0.39 is 7.05 Å². The Morgan fingerprint density at radius 1 is 1.32 bits per heavy atom. The second-order valence-electron chi connectivity index (χ2n) is 8.00. The van der Waals surface area contributed by atoms with Gasteiger partial charge in [0.15, 0.2) is 0 Å². The first kappa shape index (κ1) is 21.5. The third-order valence-corrected chi connectivity index (χ3v) is 6.11. The molecular weight excluding hydrogens is 393 g/mol. The summed E-state index contributed by atoms with van der Waals surface area (Å²) in [4.78, 5) is 22.8. The van der Waals surface area contributed by atoms with Gasteiger partial charge in [0.25, 0.3) is 0 Å². The lowest BCUT2D eigenvalue weighted by atomic mass is 9.73. The molecule has 1 fully saturated rings. The Balaban J connectivity index is 1.77. The highest BCUT2D eigenvalue weighted by Gasteiger charge is 2.24. The van der Waals surface area contributed by atoms with Crippen LogP contribution in [-0.4, -0.2) is 52.4 Å². The molecule has 3 heterocycles. The Labute approximate surface area is 182 Å². The predicted octanol–water partition coefficient (Wildman–Crippen LogP) is 2.89. The molecule has 0 radical (unpaired) electrons. The zero-order valence-corrected chi connectivity index (χ0v) is 18.3. The third-order valence-electron chi connectivity index (χ3n) is 6.11. The fraction of sp³-hybridized carbons (Fsp3) is 0.455. The smallest absolute Gasteiger partial charge is 0.425 e. The van der Waals surface area contributed by atoms with Crippen LogP contribution in [0.2, 0.25) is 0 Å². The number of anilines is 1. The van der Waals surface area contributed by atoms with Gasteiger partial charge in [0, 0.05) is 37.5 Å². The van der Waals surface area contributed by atoms with E-state index in [4.69, 9.17) is 14.7 Å². The predicted molar refractivity (Wildman–Crippen MR) is 124 cm³/mol. The van der Waals surface area contributed by atoms with Gasteiger partial charge in [0.1, 0.15) is 11.6 Å². The quantitative estimate of drug-likeness (QED) is 0.342. The number of fused-ring (bicyclic) bond motifs is 1. The van der Waals surface area contributed by atoms with Crippen LogP contribution in [-0.2, 0) is 11.3 Å². The van der Waals surface area contributed by atoms with E-state index in [0.29, 0.717) is 31.3 Å². The van der Waals surface area contributed by atoms with Crippen molar-refractivity contribution in [2.24, 2.45) is 5.09 Å². The van der Waals surface area contributed by atoms with Crippen molar-refractivity contribution in [2.45, 2.75) is 46.2 Å². The summed E-state index contributed by atoms with van der Waals surface area (Å²) in [7, 11) is -1.40. The molecule has 0 amide bonds. The van der Waals surface area contributed by atoms with E-state index in [1.165, 1.54) is 12.8 Å². The van der Waals surface area contributed by atoms with E-state index in [9.17, 15) is 9.93 Å². The highest BCUT2D eigenvalue weighted by molar-refractivity contribution is 6.65. The Kier molecular flexibility index (Phi) is 6.34. The number of aryl methyl sites for hydroxylation is 1. The maximum absolute atomic E-state index is 10.9. The van der Waals surface area contributed by atoms with Crippen molar-refractivity contribution in [3.8, 4) is 11.4 Å². The van der Waals surface area contributed by atoms with Crippen LogP contribution in [0.3, 0.4) is 0 Å². The van der Waals surface area contributed by atoms with Crippen LogP contribution < -0.4 is 10.4 Å². The number of hydrogen-bond donors (Lipinski definition) is 1. The molecule has 2 aromatic heterocycles. The van der Waals surface area contributed by atoms with Crippen LogP contribution >= 0.6 is 0 Å². The third kappa shape index (κ3) is 4.07. The van der Waals surface area contributed by atoms with Gasteiger partial charge >= 0.3 is 7.05 Å². The summed E-state index contributed by atoms with van der Waals surface area (Å²) in [6.45, 7) is 8.94. The molecule has 1 aliphatic rings. The van der Waals surface area contributed by atoms with Gasteiger partial charge in [-0.1, -0.05) is 11.2 Å². The van der Waals surface area contributed by atoms with Crippen LogP contribution in [0.1, 0.15) is 32.3 Å². The van der Waals surface area contributed by atoms with Crippen molar-refractivity contribution in [3.05, 3.63) is 40.9 Å². The molecule has 0 spiro atoms. The van der Waals surface area contributed by atoms with Crippen LogP contribution in [0.4, 0.5) is 5.82 Å². The molecule has 31 heavy (non-hydrogen) atoms. The number of nitrogens with zero attached hydrogens (tertiary/aromatic N) is 5. The van der Waals surface area contributed by atoms with Crippen molar-refractivity contribution < 1.29 is 9.76 Å². The molecule has 0 saturated carbocycles. The van der Waals surface area contributed by atoms with E-state index in [1.807, 2.05) is 26.1 Å². The summed E-state index contributed by atoms with van der Waals surface area (Å²) in [5.41, 5.74) is 3.80. The zero-order chi connectivity index (χ0) is 22.0. The maximum Gasteiger partial charge on any atom is 0.517 e. The molecule has 9 heteroatoms. The Morgan fingerprint density at radius 3 is 2.81 bits per heavy atom. The van der Waals surface area contributed by atoms with Crippen molar-refractivity contribution in [1.82, 2.24) is 14.5 Å². The number of imidazole rings is 1. The van der Waals surface area contributed by atoms with E-state index >= 15 is 0 Å². The van der Waals surface area contributed by atoms with Gasteiger partial charge in [-0.05, 0) is 62.8 Å². The molecule has 1 aliphatic heterocycles. The first-order valence-corrected chi connectivity index (χ1v) is 10.9. The Morgan fingerprint density at radius 2 is 2.16 bits per heavy atom. The monoisotopic (exact) mass is 421 g/mol.